The second kappa shape index (κ2) is 8.10. The van der Waals surface area contributed by atoms with Gasteiger partial charge in [0.05, 0.1) is 0 Å². The van der Waals surface area contributed by atoms with Gasteiger partial charge in [0.1, 0.15) is 0 Å². The first-order chi connectivity index (χ1) is 8.49. The molecular formula is C14H32N4. The molecule has 0 radical (unpaired) electrons. The van der Waals surface area contributed by atoms with Gasteiger partial charge in [0.25, 0.3) is 0 Å². The normalized spacial score (nSPS) is 25.0. The van der Waals surface area contributed by atoms with Gasteiger partial charge in [-0.1, -0.05) is 0 Å². The van der Waals surface area contributed by atoms with E-state index >= 15 is 0 Å². The first-order valence-corrected chi connectivity index (χ1v) is 7.28. The Labute approximate surface area is 114 Å². The highest BCUT2D eigenvalue weighted by Crippen LogP contribution is 2.00. The molecule has 0 saturated carbocycles. The van der Waals surface area contributed by atoms with Gasteiger partial charge in [-0.3, -0.25) is 4.90 Å². The summed E-state index contributed by atoms with van der Waals surface area (Å²) >= 11 is 0. The van der Waals surface area contributed by atoms with Crippen molar-refractivity contribution >= 4 is 0 Å². The molecule has 0 N–H and O–H groups in total. The molecule has 4 heteroatoms. The topological polar surface area (TPSA) is 13.0 Å². The van der Waals surface area contributed by atoms with E-state index in [0.29, 0.717) is 6.04 Å². The zero-order chi connectivity index (χ0) is 13.5. The first kappa shape index (κ1) is 15.9. The van der Waals surface area contributed by atoms with Crippen molar-refractivity contribution in [3.63, 3.8) is 0 Å². The Hall–Kier alpha value is -0.160. The van der Waals surface area contributed by atoms with E-state index in [1.807, 2.05) is 0 Å². The molecule has 0 bridgehead atoms. The van der Waals surface area contributed by atoms with Crippen LogP contribution in [0.2, 0.25) is 0 Å². The van der Waals surface area contributed by atoms with Crippen molar-refractivity contribution in [2.24, 2.45) is 0 Å². The lowest BCUT2D eigenvalue weighted by Crippen LogP contribution is -2.45. The zero-order valence-corrected chi connectivity index (χ0v) is 13.0. The van der Waals surface area contributed by atoms with Crippen LogP contribution in [0.3, 0.4) is 0 Å². The van der Waals surface area contributed by atoms with E-state index in [1.54, 1.807) is 0 Å². The maximum absolute atomic E-state index is 2.60. The molecule has 1 rings (SSSR count). The Bertz CT molecular complexity index is 202. The van der Waals surface area contributed by atoms with Gasteiger partial charge < -0.3 is 14.7 Å². The second-order valence-corrected chi connectivity index (χ2v) is 6.04. The van der Waals surface area contributed by atoms with E-state index in [4.69, 9.17) is 0 Å². The van der Waals surface area contributed by atoms with Gasteiger partial charge >= 0.3 is 0 Å². The summed E-state index contributed by atoms with van der Waals surface area (Å²) in [5, 5.41) is 0. The maximum Gasteiger partial charge on any atom is 0.0112 e. The van der Waals surface area contributed by atoms with Crippen LogP contribution >= 0.6 is 0 Å². The summed E-state index contributed by atoms with van der Waals surface area (Å²) in [7, 11) is 6.71. The quantitative estimate of drug-likeness (QED) is 0.677. The molecule has 1 aliphatic heterocycles. The molecule has 0 aliphatic carbocycles. The number of nitrogens with zero attached hydrogens (tertiary/aromatic N) is 4. The molecule has 1 fully saturated rings. The lowest BCUT2D eigenvalue weighted by Gasteiger charge is -2.32. The van der Waals surface area contributed by atoms with E-state index in [2.05, 4.69) is 54.6 Å². The Kier molecular flexibility index (Phi) is 7.15. The molecule has 108 valence electrons. The van der Waals surface area contributed by atoms with E-state index in [9.17, 15) is 0 Å². The van der Waals surface area contributed by atoms with Crippen LogP contribution in [0.4, 0.5) is 0 Å². The Morgan fingerprint density at radius 3 is 1.11 bits per heavy atom. The van der Waals surface area contributed by atoms with Crippen molar-refractivity contribution in [2.75, 3.05) is 73.5 Å². The summed E-state index contributed by atoms with van der Waals surface area (Å²) in [5.41, 5.74) is 0. The molecule has 0 unspecified atom stereocenters. The van der Waals surface area contributed by atoms with Crippen molar-refractivity contribution in [3.8, 4) is 0 Å². The molecule has 0 aromatic heterocycles. The lowest BCUT2D eigenvalue weighted by atomic mass is 10.3. The van der Waals surface area contributed by atoms with Gasteiger partial charge in [0.15, 0.2) is 0 Å². The minimum atomic E-state index is 0.650. The van der Waals surface area contributed by atoms with Crippen molar-refractivity contribution in [1.29, 1.82) is 0 Å². The number of hydrogen-bond acceptors (Lipinski definition) is 4. The average Bonchev–Trinajstić information content (AvgIpc) is 2.31. The van der Waals surface area contributed by atoms with E-state index in [-0.39, 0.29) is 0 Å². The maximum atomic E-state index is 2.60. The van der Waals surface area contributed by atoms with Crippen molar-refractivity contribution in [2.45, 2.75) is 19.9 Å². The highest BCUT2D eigenvalue weighted by atomic mass is 15.2. The zero-order valence-electron chi connectivity index (χ0n) is 13.0. The van der Waals surface area contributed by atoms with Gasteiger partial charge in [0.2, 0.25) is 0 Å². The Morgan fingerprint density at radius 2 is 0.833 bits per heavy atom. The standard InChI is InChI=1S/C14H32N4/c1-14(2)18-12-10-16(4)8-6-15(3)7-9-17(5)11-13-18/h14H,6-13H2,1-5H3. The summed E-state index contributed by atoms with van der Waals surface area (Å²) in [4.78, 5) is 9.95. The lowest BCUT2D eigenvalue weighted by molar-refractivity contribution is 0.145. The summed E-state index contributed by atoms with van der Waals surface area (Å²) in [6, 6.07) is 0.650. The monoisotopic (exact) mass is 256 g/mol. The molecule has 1 saturated heterocycles. The third-order valence-electron chi connectivity index (χ3n) is 4.00. The van der Waals surface area contributed by atoms with Crippen LogP contribution in [0.5, 0.6) is 0 Å². The van der Waals surface area contributed by atoms with Gasteiger partial charge in [-0.15, -0.1) is 0 Å². The van der Waals surface area contributed by atoms with Crippen LogP contribution in [0.15, 0.2) is 0 Å². The molecule has 0 aromatic rings. The smallest absolute Gasteiger partial charge is 0.0112 e. The number of rotatable bonds is 1. The average molecular weight is 256 g/mol. The molecule has 4 nitrogen and oxygen atoms in total. The predicted molar refractivity (Wildman–Crippen MR) is 79.2 cm³/mol. The molecular weight excluding hydrogens is 224 g/mol. The Morgan fingerprint density at radius 1 is 0.556 bits per heavy atom. The van der Waals surface area contributed by atoms with Crippen LogP contribution in [-0.4, -0.2) is 99.1 Å². The fourth-order valence-electron chi connectivity index (χ4n) is 2.24. The molecule has 1 aliphatic rings. The summed E-state index contributed by atoms with van der Waals surface area (Å²) in [6.45, 7) is 14.0. The van der Waals surface area contributed by atoms with Crippen LogP contribution < -0.4 is 0 Å². The molecule has 0 aromatic carbocycles. The third-order valence-corrected chi connectivity index (χ3v) is 4.00. The summed E-state index contributed by atoms with van der Waals surface area (Å²) in [6.07, 6.45) is 0. The predicted octanol–water partition coefficient (Wildman–Crippen LogP) is 0.506. The number of hydrogen-bond donors (Lipinski definition) is 0. The highest BCUT2D eigenvalue weighted by Gasteiger charge is 2.13. The summed E-state index contributed by atoms with van der Waals surface area (Å²) in [5.74, 6) is 0. The minimum absolute atomic E-state index is 0.650. The van der Waals surface area contributed by atoms with Crippen molar-refractivity contribution < 1.29 is 0 Å². The first-order valence-electron chi connectivity index (χ1n) is 7.28. The highest BCUT2D eigenvalue weighted by molar-refractivity contribution is 4.69. The minimum Gasteiger partial charge on any atom is -0.304 e. The summed E-state index contributed by atoms with van der Waals surface area (Å²) < 4.78 is 0. The van der Waals surface area contributed by atoms with E-state index in [1.165, 1.54) is 52.4 Å². The van der Waals surface area contributed by atoms with Crippen LogP contribution in [-0.2, 0) is 0 Å². The molecule has 18 heavy (non-hydrogen) atoms. The Balaban J connectivity index is 2.51. The largest absolute Gasteiger partial charge is 0.304 e. The van der Waals surface area contributed by atoms with E-state index < -0.39 is 0 Å². The molecule has 1 heterocycles. The third kappa shape index (κ3) is 6.14. The van der Waals surface area contributed by atoms with Crippen molar-refractivity contribution in [3.05, 3.63) is 0 Å². The van der Waals surface area contributed by atoms with Crippen molar-refractivity contribution in [1.82, 2.24) is 19.6 Å². The molecule has 0 spiro atoms. The van der Waals surface area contributed by atoms with Gasteiger partial charge in [-0.2, -0.15) is 0 Å². The van der Waals surface area contributed by atoms with Gasteiger partial charge in [-0.05, 0) is 35.0 Å². The van der Waals surface area contributed by atoms with Gasteiger partial charge in [0, 0.05) is 58.4 Å². The second-order valence-electron chi connectivity index (χ2n) is 6.04. The fraction of sp³-hybridized carbons (Fsp3) is 1.00. The van der Waals surface area contributed by atoms with E-state index in [0.717, 1.165) is 0 Å². The van der Waals surface area contributed by atoms with Gasteiger partial charge in [-0.25, -0.2) is 0 Å². The van der Waals surface area contributed by atoms with Crippen LogP contribution in [0, 0.1) is 0 Å². The molecule has 0 atom stereocenters. The molecule has 0 amide bonds. The fourth-order valence-corrected chi connectivity index (χ4v) is 2.24. The number of likely N-dealkylation sites (N-methyl/N-ethyl adjacent to an activating group) is 3. The van der Waals surface area contributed by atoms with Crippen LogP contribution in [0.1, 0.15) is 13.8 Å². The SMILES string of the molecule is CC(C)N1CCN(C)CCN(C)CCN(C)CC1. The van der Waals surface area contributed by atoms with Crippen LogP contribution in [0.25, 0.3) is 0 Å².